The average molecular weight is 287 g/mol. The zero-order valence-electron chi connectivity index (χ0n) is 12.2. The Morgan fingerprint density at radius 1 is 1.47 bits per heavy atom. The first-order valence-corrected chi connectivity index (χ1v) is 7.10. The Balaban J connectivity index is 0.00000180. The first-order chi connectivity index (χ1) is 8.63. The van der Waals surface area contributed by atoms with Gasteiger partial charge in [-0.05, 0) is 45.2 Å². The zero-order chi connectivity index (χ0) is 13.1. The molecular weight excluding hydrogens is 260 g/mol. The molecule has 2 heterocycles. The smallest absolute Gasteiger partial charge is 0.0527 e. The van der Waals surface area contributed by atoms with Crippen LogP contribution in [0.15, 0.2) is 12.3 Å². The fourth-order valence-corrected chi connectivity index (χ4v) is 3.05. The van der Waals surface area contributed by atoms with E-state index < -0.39 is 0 Å². The molecule has 0 saturated carbocycles. The number of nitrogens with two attached hydrogens (primary N) is 1. The molecule has 1 saturated heterocycles. The molecule has 1 aliphatic heterocycles. The molecule has 0 amide bonds. The SMILES string of the molecule is CC1CCCN(Cc2ccnn2C(C)C)C1CN.Cl. The Morgan fingerprint density at radius 3 is 2.84 bits per heavy atom. The van der Waals surface area contributed by atoms with Gasteiger partial charge in [-0.3, -0.25) is 9.58 Å². The maximum absolute atomic E-state index is 5.95. The second kappa shape index (κ2) is 7.27. The van der Waals surface area contributed by atoms with Gasteiger partial charge in [-0.1, -0.05) is 6.92 Å². The van der Waals surface area contributed by atoms with Crippen LogP contribution < -0.4 is 5.73 Å². The first-order valence-electron chi connectivity index (χ1n) is 7.10. The molecular formula is C14H27ClN4. The largest absolute Gasteiger partial charge is 0.329 e. The number of nitrogens with zero attached hydrogens (tertiary/aromatic N) is 3. The van der Waals surface area contributed by atoms with Crippen LogP contribution in [0.2, 0.25) is 0 Å². The van der Waals surface area contributed by atoms with Gasteiger partial charge in [-0.2, -0.15) is 5.10 Å². The number of halogens is 1. The molecule has 2 N–H and O–H groups in total. The van der Waals surface area contributed by atoms with E-state index in [4.69, 9.17) is 5.73 Å². The standard InChI is InChI=1S/C14H26N4.ClH/c1-11(2)18-13(6-7-16-18)10-17-8-4-5-12(3)14(17)9-15;/h6-7,11-12,14H,4-5,8-10,15H2,1-3H3;1H. The van der Waals surface area contributed by atoms with Crippen LogP contribution >= 0.6 is 12.4 Å². The lowest BCUT2D eigenvalue weighted by atomic mass is 9.90. The van der Waals surface area contributed by atoms with Gasteiger partial charge < -0.3 is 5.73 Å². The van der Waals surface area contributed by atoms with E-state index in [1.807, 2.05) is 6.20 Å². The average Bonchev–Trinajstić information content (AvgIpc) is 2.77. The summed E-state index contributed by atoms with van der Waals surface area (Å²) in [6.07, 6.45) is 4.50. The molecule has 2 atom stereocenters. The van der Waals surface area contributed by atoms with Crippen molar-refractivity contribution in [2.45, 2.75) is 52.2 Å². The summed E-state index contributed by atoms with van der Waals surface area (Å²) < 4.78 is 2.12. The van der Waals surface area contributed by atoms with Crippen LogP contribution in [-0.4, -0.2) is 33.8 Å². The molecule has 1 fully saturated rings. The van der Waals surface area contributed by atoms with Crippen molar-refractivity contribution < 1.29 is 0 Å². The Labute approximate surface area is 122 Å². The summed E-state index contributed by atoms with van der Waals surface area (Å²) in [5.74, 6) is 0.708. The number of hydrogen-bond acceptors (Lipinski definition) is 3. The van der Waals surface area contributed by atoms with E-state index in [2.05, 4.69) is 41.5 Å². The van der Waals surface area contributed by atoms with Crippen LogP contribution in [-0.2, 0) is 6.54 Å². The second-order valence-corrected chi connectivity index (χ2v) is 5.75. The molecule has 1 aliphatic rings. The van der Waals surface area contributed by atoms with Crippen molar-refractivity contribution in [3.05, 3.63) is 18.0 Å². The van der Waals surface area contributed by atoms with Crippen molar-refractivity contribution in [3.8, 4) is 0 Å². The summed E-state index contributed by atoms with van der Waals surface area (Å²) in [4.78, 5) is 2.53. The van der Waals surface area contributed by atoms with E-state index in [1.165, 1.54) is 18.5 Å². The number of piperidine rings is 1. The molecule has 2 rings (SSSR count). The fraction of sp³-hybridized carbons (Fsp3) is 0.786. The Hall–Kier alpha value is -0.580. The molecule has 1 aromatic heterocycles. The Kier molecular flexibility index (Phi) is 6.30. The zero-order valence-corrected chi connectivity index (χ0v) is 13.1. The summed E-state index contributed by atoms with van der Waals surface area (Å²) in [6, 6.07) is 3.08. The molecule has 0 spiro atoms. The number of aromatic nitrogens is 2. The Morgan fingerprint density at radius 2 is 2.21 bits per heavy atom. The van der Waals surface area contributed by atoms with E-state index in [1.54, 1.807) is 0 Å². The maximum Gasteiger partial charge on any atom is 0.0527 e. The predicted molar refractivity (Wildman–Crippen MR) is 81.5 cm³/mol. The fourth-order valence-electron chi connectivity index (χ4n) is 3.05. The lowest BCUT2D eigenvalue weighted by Gasteiger charge is -2.39. The van der Waals surface area contributed by atoms with Crippen molar-refractivity contribution in [3.63, 3.8) is 0 Å². The van der Waals surface area contributed by atoms with Gasteiger partial charge in [0.25, 0.3) is 0 Å². The highest BCUT2D eigenvalue weighted by molar-refractivity contribution is 5.85. The van der Waals surface area contributed by atoms with E-state index in [9.17, 15) is 0 Å². The third-order valence-electron chi connectivity index (χ3n) is 4.08. The van der Waals surface area contributed by atoms with Crippen LogP contribution in [0.1, 0.15) is 45.3 Å². The van der Waals surface area contributed by atoms with Gasteiger partial charge in [0.2, 0.25) is 0 Å². The number of hydrogen-bond donors (Lipinski definition) is 1. The summed E-state index contributed by atoms with van der Waals surface area (Å²) in [5, 5.41) is 4.41. The van der Waals surface area contributed by atoms with Gasteiger partial charge in [-0.15, -0.1) is 12.4 Å². The minimum atomic E-state index is 0. The highest BCUT2D eigenvalue weighted by Crippen LogP contribution is 2.24. The van der Waals surface area contributed by atoms with Crippen molar-refractivity contribution in [2.24, 2.45) is 11.7 Å². The maximum atomic E-state index is 5.95. The third-order valence-corrected chi connectivity index (χ3v) is 4.08. The van der Waals surface area contributed by atoms with Gasteiger partial charge in [-0.25, -0.2) is 0 Å². The van der Waals surface area contributed by atoms with Gasteiger partial charge in [0.1, 0.15) is 0 Å². The predicted octanol–water partition coefficient (Wildman–Crippen LogP) is 2.45. The third kappa shape index (κ3) is 3.71. The molecule has 0 aromatic carbocycles. The van der Waals surface area contributed by atoms with Crippen LogP contribution in [0.5, 0.6) is 0 Å². The molecule has 4 nitrogen and oxygen atoms in total. The molecule has 110 valence electrons. The quantitative estimate of drug-likeness (QED) is 0.925. The first kappa shape index (κ1) is 16.5. The molecule has 0 radical (unpaired) electrons. The number of rotatable bonds is 4. The van der Waals surface area contributed by atoms with Crippen LogP contribution in [0.3, 0.4) is 0 Å². The van der Waals surface area contributed by atoms with Gasteiger partial charge in [0, 0.05) is 31.4 Å². The van der Waals surface area contributed by atoms with Gasteiger partial charge in [0.15, 0.2) is 0 Å². The summed E-state index contributed by atoms with van der Waals surface area (Å²) in [5.41, 5.74) is 7.25. The Bertz CT molecular complexity index is 377. The summed E-state index contributed by atoms with van der Waals surface area (Å²) >= 11 is 0. The summed E-state index contributed by atoms with van der Waals surface area (Å²) in [7, 11) is 0. The molecule has 0 aliphatic carbocycles. The van der Waals surface area contributed by atoms with Crippen molar-refractivity contribution >= 4 is 12.4 Å². The van der Waals surface area contributed by atoms with Crippen LogP contribution in [0.25, 0.3) is 0 Å². The number of likely N-dealkylation sites (tertiary alicyclic amines) is 1. The van der Waals surface area contributed by atoms with Gasteiger partial charge >= 0.3 is 0 Å². The monoisotopic (exact) mass is 286 g/mol. The van der Waals surface area contributed by atoms with E-state index >= 15 is 0 Å². The second-order valence-electron chi connectivity index (χ2n) is 5.75. The molecule has 0 bridgehead atoms. The highest BCUT2D eigenvalue weighted by atomic mass is 35.5. The van der Waals surface area contributed by atoms with Crippen molar-refractivity contribution in [2.75, 3.05) is 13.1 Å². The summed E-state index contributed by atoms with van der Waals surface area (Å²) in [6.45, 7) is 9.58. The minimum absolute atomic E-state index is 0. The van der Waals surface area contributed by atoms with Crippen molar-refractivity contribution in [1.82, 2.24) is 14.7 Å². The van der Waals surface area contributed by atoms with Crippen LogP contribution in [0.4, 0.5) is 0 Å². The topological polar surface area (TPSA) is 47.1 Å². The molecule has 1 aromatic rings. The van der Waals surface area contributed by atoms with Gasteiger partial charge in [0.05, 0.1) is 5.69 Å². The molecule has 2 unspecified atom stereocenters. The van der Waals surface area contributed by atoms with Crippen LogP contribution in [0, 0.1) is 5.92 Å². The normalized spacial score (nSPS) is 24.5. The molecule has 19 heavy (non-hydrogen) atoms. The van der Waals surface area contributed by atoms with E-state index in [0.29, 0.717) is 18.0 Å². The van der Waals surface area contributed by atoms with Crippen molar-refractivity contribution in [1.29, 1.82) is 0 Å². The highest BCUT2D eigenvalue weighted by Gasteiger charge is 2.27. The lowest BCUT2D eigenvalue weighted by molar-refractivity contribution is 0.0957. The van der Waals surface area contributed by atoms with E-state index in [0.717, 1.165) is 19.6 Å². The minimum Gasteiger partial charge on any atom is -0.329 e. The molecule has 5 heteroatoms. The lowest BCUT2D eigenvalue weighted by Crippen LogP contribution is -2.48. The van der Waals surface area contributed by atoms with E-state index in [-0.39, 0.29) is 12.4 Å².